The first kappa shape index (κ1) is 9.65. The van der Waals surface area contributed by atoms with Crippen LogP contribution in [0, 0.1) is 6.92 Å². The van der Waals surface area contributed by atoms with Crippen molar-refractivity contribution in [2.45, 2.75) is 13.3 Å². The van der Waals surface area contributed by atoms with Crippen LogP contribution in [0.3, 0.4) is 0 Å². The summed E-state index contributed by atoms with van der Waals surface area (Å²) in [4.78, 5) is 17.9. The number of nitrogens with zero attached hydrogens (tertiary/aromatic N) is 1. The van der Waals surface area contributed by atoms with Crippen molar-refractivity contribution in [3.8, 4) is 0 Å². The van der Waals surface area contributed by atoms with Crippen molar-refractivity contribution in [2.24, 2.45) is 0 Å². The number of hydrogen-bond donors (Lipinski definition) is 1. The largest absolute Gasteiger partial charge is 0.310 e. The van der Waals surface area contributed by atoms with Crippen LogP contribution in [0.1, 0.15) is 17.0 Å². The van der Waals surface area contributed by atoms with Crippen molar-refractivity contribution in [1.82, 2.24) is 9.97 Å². The van der Waals surface area contributed by atoms with Gasteiger partial charge in [0.15, 0.2) is 0 Å². The minimum absolute atomic E-state index is 0.103. The van der Waals surface area contributed by atoms with Crippen LogP contribution in [-0.2, 0) is 6.42 Å². The molecule has 1 N–H and O–H groups in total. The molecule has 76 valence electrons. The van der Waals surface area contributed by atoms with Gasteiger partial charge in [0.2, 0.25) is 0 Å². The Kier molecular flexibility index (Phi) is 2.63. The molecule has 0 saturated carbocycles. The molecule has 2 aromatic rings. The number of hydrogen-bond acceptors (Lipinski definition) is 2. The third-order valence-corrected chi connectivity index (χ3v) is 2.34. The van der Waals surface area contributed by atoms with E-state index in [1.807, 2.05) is 18.2 Å². The quantitative estimate of drug-likeness (QED) is 0.801. The number of benzene rings is 1. The second kappa shape index (κ2) is 4.09. The number of H-pyrrole nitrogens is 1. The van der Waals surface area contributed by atoms with Crippen LogP contribution in [-0.4, -0.2) is 9.97 Å². The van der Waals surface area contributed by atoms with Crippen LogP contribution >= 0.6 is 0 Å². The maximum Gasteiger partial charge on any atom is 0.250 e. The lowest BCUT2D eigenvalue weighted by atomic mass is 10.1. The zero-order valence-electron chi connectivity index (χ0n) is 8.53. The Morgan fingerprint density at radius 3 is 2.80 bits per heavy atom. The highest BCUT2D eigenvalue weighted by Gasteiger charge is 2.00. The number of aromatic amines is 1. The van der Waals surface area contributed by atoms with Gasteiger partial charge in [0.25, 0.3) is 5.56 Å². The summed E-state index contributed by atoms with van der Waals surface area (Å²) < 4.78 is 0. The van der Waals surface area contributed by atoms with Gasteiger partial charge in [-0.05, 0) is 18.1 Å². The van der Waals surface area contributed by atoms with E-state index in [1.165, 1.54) is 23.4 Å². The van der Waals surface area contributed by atoms with E-state index in [9.17, 15) is 4.79 Å². The molecule has 0 spiro atoms. The molecule has 1 aromatic heterocycles. The molecule has 0 bridgehead atoms. The third kappa shape index (κ3) is 2.31. The molecule has 1 aromatic carbocycles. The molecule has 0 aliphatic rings. The molecular formula is C12H12N2O. The number of rotatable bonds is 2. The van der Waals surface area contributed by atoms with E-state index in [-0.39, 0.29) is 5.56 Å². The molecule has 0 aliphatic carbocycles. The second-order valence-electron chi connectivity index (χ2n) is 3.48. The van der Waals surface area contributed by atoms with Crippen molar-refractivity contribution >= 4 is 0 Å². The number of nitrogens with one attached hydrogen (secondary N) is 1. The first-order valence-electron chi connectivity index (χ1n) is 4.84. The van der Waals surface area contributed by atoms with Crippen molar-refractivity contribution in [3.05, 3.63) is 63.8 Å². The van der Waals surface area contributed by atoms with Crippen LogP contribution in [0.4, 0.5) is 0 Å². The van der Waals surface area contributed by atoms with Gasteiger partial charge in [-0.15, -0.1) is 0 Å². The van der Waals surface area contributed by atoms with Crippen LogP contribution in [0.25, 0.3) is 0 Å². The fourth-order valence-electron chi connectivity index (χ4n) is 1.49. The predicted molar refractivity (Wildman–Crippen MR) is 58.8 cm³/mol. The summed E-state index contributed by atoms with van der Waals surface area (Å²) >= 11 is 0. The molecule has 1 heterocycles. The summed E-state index contributed by atoms with van der Waals surface area (Å²) in [5.74, 6) is 0.705. The molecule has 3 nitrogen and oxygen atoms in total. The Hall–Kier alpha value is -1.90. The highest BCUT2D eigenvalue weighted by atomic mass is 16.1. The lowest BCUT2D eigenvalue weighted by Crippen LogP contribution is -2.09. The van der Waals surface area contributed by atoms with Gasteiger partial charge in [0.1, 0.15) is 5.82 Å². The second-order valence-corrected chi connectivity index (χ2v) is 3.48. The molecule has 0 unspecified atom stereocenters. The Morgan fingerprint density at radius 1 is 1.27 bits per heavy atom. The average molecular weight is 200 g/mol. The lowest BCUT2D eigenvalue weighted by Gasteiger charge is -2.03. The normalized spacial score (nSPS) is 10.2. The molecule has 3 heteroatoms. The zero-order valence-corrected chi connectivity index (χ0v) is 8.53. The molecule has 2 rings (SSSR count). The Bertz CT molecular complexity index is 517. The minimum Gasteiger partial charge on any atom is -0.310 e. The number of aromatic nitrogens is 2. The summed E-state index contributed by atoms with van der Waals surface area (Å²) in [6.45, 7) is 2.05. The standard InChI is InChI=1S/C12H12N2O/c1-9-4-2-3-5-10(9)8-11-13-7-6-12(15)14-11/h2-7H,8H2,1H3,(H,13,14,15). The summed E-state index contributed by atoms with van der Waals surface area (Å²) in [5, 5.41) is 0. The van der Waals surface area contributed by atoms with E-state index in [4.69, 9.17) is 0 Å². The molecular weight excluding hydrogens is 188 g/mol. The Labute approximate surface area is 87.8 Å². The third-order valence-electron chi connectivity index (χ3n) is 2.34. The predicted octanol–water partition coefficient (Wildman–Crippen LogP) is 1.67. The lowest BCUT2D eigenvalue weighted by molar-refractivity contribution is 0.940. The van der Waals surface area contributed by atoms with Crippen molar-refractivity contribution < 1.29 is 0 Å². The Morgan fingerprint density at radius 2 is 2.07 bits per heavy atom. The van der Waals surface area contributed by atoms with E-state index >= 15 is 0 Å². The molecule has 0 atom stereocenters. The van der Waals surface area contributed by atoms with Crippen LogP contribution in [0.2, 0.25) is 0 Å². The zero-order chi connectivity index (χ0) is 10.7. The van der Waals surface area contributed by atoms with Crippen LogP contribution in [0.15, 0.2) is 41.3 Å². The molecule has 0 radical (unpaired) electrons. The number of aryl methyl sites for hydroxylation is 1. The van der Waals surface area contributed by atoms with Gasteiger partial charge in [0.05, 0.1) is 0 Å². The Balaban J connectivity index is 2.30. The fourth-order valence-corrected chi connectivity index (χ4v) is 1.49. The van der Waals surface area contributed by atoms with Gasteiger partial charge in [-0.25, -0.2) is 4.98 Å². The molecule has 0 aliphatic heterocycles. The van der Waals surface area contributed by atoms with Gasteiger partial charge in [-0.2, -0.15) is 0 Å². The first-order valence-corrected chi connectivity index (χ1v) is 4.84. The van der Waals surface area contributed by atoms with Gasteiger partial charge in [-0.1, -0.05) is 24.3 Å². The SMILES string of the molecule is Cc1ccccc1Cc1nccc(=O)[nH]1. The van der Waals surface area contributed by atoms with Crippen molar-refractivity contribution in [1.29, 1.82) is 0 Å². The monoisotopic (exact) mass is 200 g/mol. The van der Waals surface area contributed by atoms with E-state index in [0.29, 0.717) is 12.2 Å². The van der Waals surface area contributed by atoms with Gasteiger partial charge in [0, 0.05) is 18.7 Å². The van der Waals surface area contributed by atoms with E-state index < -0.39 is 0 Å². The molecule has 0 fully saturated rings. The highest BCUT2D eigenvalue weighted by molar-refractivity contribution is 5.27. The van der Waals surface area contributed by atoms with E-state index in [0.717, 1.165) is 0 Å². The summed E-state index contributed by atoms with van der Waals surface area (Å²) in [7, 11) is 0. The van der Waals surface area contributed by atoms with Crippen molar-refractivity contribution in [2.75, 3.05) is 0 Å². The summed E-state index contributed by atoms with van der Waals surface area (Å²) in [6, 6.07) is 9.50. The van der Waals surface area contributed by atoms with E-state index in [2.05, 4.69) is 23.0 Å². The van der Waals surface area contributed by atoms with Crippen LogP contribution < -0.4 is 5.56 Å². The molecule has 15 heavy (non-hydrogen) atoms. The van der Waals surface area contributed by atoms with E-state index in [1.54, 1.807) is 0 Å². The maximum atomic E-state index is 11.1. The fraction of sp³-hybridized carbons (Fsp3) is 0.167. The van der Waals surface area contributed by atoms with Crippen molar-refractivity contribution in [3.63, 3.8) is 0 Å². The topological polar surface area (TPSA) is 45.8 Å². The van der Waals surface area contributed by atoms with Gasteiger partial charge < -0.3 is 4.98 Å². The first-order chi connectivity index (χ1) is 7.25. The smallest absolute Gasteiger partial charge is 0.250 e. The van der Waals surface area contributed by atoms with Crippen LogP contribution in [0.5, 0.6) is 0 Å². The average Bonchev–Trinajstić information content (AvgIpc) is 2.22. The summed E-state index contributed by atoms with van der Waals surface area (Å²) in [5.41, 5.74) is 2.30. The van der Waals surface area contributed by atoms with Gasteiger partial charge >= 0.3 is 0 Å². The summed E-state index contributed by atoms with van der Waals surface area (Å²) in [6.07, 6.45) is 2.20. The maximum absolute atomic E-state index is 11.1. The van der Waals surface area contributed by atoms with Gasteiger partial charge in [-0.3, -0.25) is 4.79 Å². The molecule has 0 amide bonds. The minimum atomic E-state index is -0.103. The highest BCUT2D eigenvalue weighted by Crippen LogP contribution is 2.09. The molecule has 0 saturated heterocycles.